The van der Waals surface area contributed by atoms with Gasteiger partial charge in [-0.2, -0.15) is 0 Å². The third-order valence-corrected chi connectivity index (χ3v) is 17.2. The number of hydrogen-bond donors (Lipinski definition) is 0. The molecule has 0 N–H and O–H groups in total. The van der Waals surface area contributed by atoms with Gasteiger partial charge in [-0.15, -0.1) is 6.58 Å². The van der Waals surface area contributed by atoms with E-state index in [1.165, 1.54) is 14.0 Å². The number of methoxy groups -OCH3 is 1. The largest absolute Gasteiger partial charge is 0.467 e. The predicted molar refractivity (Wildman–Crippen MR) is 334 cm³/mol. The van der Waals surface area contributed by atoms with Crippen LogP contribution in [0.15, 0.2) is 195 Å². The van der Waals surface area contributed by atoms with Gasteiger partial charge in [0.15, 0.2) is 31.1 Å². The van der Waals surface area contributed by atoms with E-state index in [0.717, 1.165) is 39.4 Å². The summed E-state index contributed by atoms with van der Waals surface area (Å²) in [6.45, 7) is 15.0. The van der Waals surface area contributed by atoms with Crippen molar-refractivity contribution in [3.63, 3.8) is 0 Å². The lowest BCUT2D eigenvalue weighted by atomic mass is 9.95. The third kappa shape index (κ3) is 19.8. The minimum atomic E-state index is -1.65. The minimum Gasteiger partial charge on any atom is -0.467 e. The number of benzene rings is 6. The van der Waals surface area contributed by atoms with Gasteiger partial charge in [0.25, 0.3) is 0 Å². The van der Waals surface area contributed by atoms with Crippen LogP contribution in [-0.4, -0.2) is 139 Å². The highest BCUT2D eigenvalue weighted by atomic mass is 28.3. The Morgan fingerprint density at radius 3 is 1.29 bits per heavy atom. The van der Waals surface area contributed by atoms with Crippen LogP contribution in [-0.2, 0) is 120 Å². The number of esters is 2. The molecule has 0 saturated carbocycles. The molecule has 18 heteroatoms. The number of rotatable bonds is 32. The van der Waals surface area contributed by atoms with Crippen molar-refractivity contribution in [3.8, 4) is 0 Å². The van der Waals surface area contributed by atoms with E-state index in [-0.39, 0.29) is 52.9 Å². The zero-order valence-electron chi connectivity index (χ0n) is 51.8. The number of carbonyl (C=O) groups excluding carboxylic acids is 2. The summed E-state index contributed by atoms with van der Waals surface area (Å²) in [4.78, 5) is 28.2. The summed E-state index contributed by atoms with van der Waals surface area (Å²) in [7, 11) is -0.385. The second kappa shape index (κ2) is 34.2. The quantitative estimate of drug-likeness (QED) is 0.0221. The van der Waals surface area contributed by atoms with Crippen LogP contribution < -0.4 is 0 Å². The van der Waals surface area contributed by atoms with E-state index >= 15 is 0 Å². The molecule has 0 aromatic heterocycles. The Hall–Kier alpha value is -6.30. The molecule has 3 aliphatic heterocycles. The molecule has 6 aromatic rings. The van der Waals surface area contributed by atoms with Crippen molar-refractivity contribution in [3.05, 3.63) is 228 Å². The maximum atomic E-state index is 14.5. The van der Waals surface area contributed by atoms with Crippen molar-refractivity contribution in [1.29, 1.82) is 0 Å². The molecule has 476 valence electrons. The van der Waals surface area contributed by atoms with Crippen LogP contribution in [0.5, 0.6) is 0 Å². The average Bonchev–Trinajstić information content (AvgIpc) is 1.03. The Labute approximate surface area is 524 Å². The van der Waals surface area contributed by atoms with Gasteiger partial charge in [-0.3, -0.25) is 4.79 Å². The summed E-state index contributed by atoms with van der Waals surface area (Å²) < 4.78 is 102. The summed E-state index contributed by atoms with van der Waals surface area (Å²) in [5, 5.41) is 0. The molecule has 9 rings (SSSR count). The van der Waals surface area contributed by atoms with Gasteiger partial charge in [0.2, 0.25) is 0 Å². The molecule has 0 bridgehead atoms. The lowest BCUT2D eigenvalue weighted by molar-refractivity contribution is -0.386. The van der Waals surface area contributed by atoms with Crippen LogP contribution in [0.1, 0.15) is 47.2 Å². The number of carbonyl (C=O) groups is 2. The molecule has 6 aromatic carbocycles. The first-order valence-corrected chi connectivity index (χ1v) is 34.3. The highest BCUT2D eigenvalue weighted by molar-refractivity contribution is 6.76. The maximum absolute atomic E-state index is 14.5. The Morgan fingerprint density at radius 2 is 0.854 bits per heavy atom. The first-order valence-electron chi connectivity index (χ1n) is 30.6. The second-order valence-electron chi connectivity index (χ2n) is 23.6. The van der Waals surface area contributed by atoms with E-state index in [1.807, 2.05) is 189 Å². The van der Waals surface area contributed by atoms with Gasteiger partial charge in [-0.1, -0.05) is 208 Å². The van der Waals surface area contributed by atoms with Crippen molar-refractivity contribution in [2.24, 2.45) is 0 Å². The highest BCUT2D eigenvalue weighted by Crippen LogP contribution is 2.39. The molecule has 0 unspecified atom stereocenters. The lowest BCUT2D eigenvalue weighted by Gasteiger charge is -2.51. The standard InChI is InChI=1S/C71H86O17Si/c1-8-39-76-61-59(86-70-66(82-47-56-37-25-14-26-38-56)60(79-44-53-31-19-11-20-32-53)58(49(2)83-70)78-43-52-29-17-10-18-30-52)57(48-75-42-51-27-15-9-16-28-51)85-71(67(61)84-50(3)72)87-63-62(80-45-54-33-21-12-22-34-54)65(81-46-55-35-23-13-24-36-55)69(77-40-41-89(5,6)7)88-64(63)68(73)74-4/h8-38,49,57-67,69-71H,1,39-48H2,2-7H3/t49-,57+,58+,59+,60+,61-,62-,63-,64-,65+,66-,67-,69+,70-,71+/m0/s1. The van der Waals surface area contributed by atoms with Gasteiger partial charge in [-0.25, -0.2) is 4.79 Å². The van der Waals surface area contributed by atoms with Crippen LogP contribution >= 0.6 is 0 Å². The van der Waals surface area contributed by atoms with Crippen molar-refractivity contribution in [2.45, 2.75) is 171 Å². The summed E-state index contributed by atoms with van der Waals surface area (Å²) in [6, 6.07) is 59.3. The van der Waals surface area contributed by atoms with Gasteiger partial charge in [0, 0.05) is 21.6 Å². The van der Waals surface area contributed by atoms with E-state index in [2.05, 4.69) is 26.2 Å². The average molecular weight is 1240 g/mol. The molecule has 3 heterocycles. The highest BCUT2D eigenvalue weighted by Gasteiger charge is 2.58. The summed E-state index contributed by atoms with van der Waals surface area (Å²) in [5.41, 5.74) is 5.38. The second-order valence-corrected chi connectivity index (χ2v) is 29.2. The third-order valence-electron chi connectivity index (χ3n) is 15.5. The van der Waals surface area contributed by atoms with Crippen molar-refractivity contribution >= 4 is 20.0 Å². The summed E-state index contributed by atoms with van der Waals surface area (Å²) in [6.07, 6.45) is -15.4. The Kier molecular flexibility index (Phi) is 25.8. The zero-order chi connectivity index (χ0) is 62.4. The molecule has 89 heavy (non-hydrogen) atoms. The minimum absolute atomic E-state index is 0.0490. The fraction of sp³-hybridized carbons (Fsp3) is 0.437. The van der Waals surface area contributed by atoms with Crippen LogP contribution in [0.3, 0.4) is 0 Å². The van der Waals surface area contributed by atoms with Crippen molar-refractivity contribution < 1.29 is 80.6 Å². The van der Waals surface area contributed by atoms with Crippen LogP contribution in [0.4, 0.5) is 0 Å². The number of hydrogen-bond acceptors (Lipinski definition) is 17. The number of ether oxygens (including phenoxy) is 15. The topological polar surface area (TPSA) is 173 Å². The molecule has 0 amide bonds. The molecule has 15 atom stereocenters. The van der Waals surface area contributed by atoms with E-state index in [9.17, 15) is 9.59 Å². The molecule has 0 spiro atoms. The first kappa shape index (κ1) is 67.1. The SMILES string of the molecule is C=CCO[C@@H]1[C@H](OC(C)=O)[C@@H](O[C@H]2[C@H](OCc3ccccc3)[C@@H](OCc3ccccc3)[C@H](OCC[Si](C)(C)C)O[C@@H]2C(=O)OC)O[C@H](COCc2ccccc2)[C@H]1O[C@@H]1O[C@@H](C)[C@@H](OCc2ccccc2)[C@@H](OCc2ccccc2)[C@@H]1OCc1ccccc1. The molecular weight excluding hydrogens is 1150 g/mol. The maximum Gasteiger partial charge on any atom is 0.337 e. The van der Waals surface area contributed by atoms with Crippen LogP contribution in [0.25, 0.3) is 0 Å². The Balaban J connectivity index is 1.12. The molecule has 3 aliphatic rings. The van der Waals surface area contributed by atoms with E-state index in [1.54, 1.807) is 6.08 Å². The molecule has 3 saturated heterocycles. The molecule has 17 nitrogen and oxygen atoms in total. The van der Waals surface area contributed by atoms with Crippen molar-refractivity contribution in [2.75, 3.05) is 26.9 Å². The fourth-order valence-corrected chi connectivity index (χ4v) is 11.6. The first-order chi connectivity index (χ1) is 43.3. The monoisotopic (exact) mass is 1240 g/mol. The summed E-state index contributed by atoms with van der Waals surface area (Å²) >= 11 is 0. The van der Waals surface area contributed by atoms with E-state index < -0.39 is 112 Å². The summed E-state index contributed by atoms with van der Waals surface area (Å²) in [5.74, 6) is -1.48. The molecule has 0 radical (unpaired) electrons. The fourth-order valence-electron chi connectivity index (χ4n) is 10.9. The lowest BCUT2D eigenvalue weighted by Crippen LogP contribution is -2.68. The zero-order valence-corrected chi connectivity index (χ0v) is 52.8. The predicted octanol–water partition coefficient (Wildman–Crippen LogP) is 11.1. The van der Waals surface area contributed by atoms with E-state index in [4.69, 9.17) is 71.1 Å². The van der Waals surface area contributed by atoms with Gasteiger partial charge in [0.1, 0.15) is 54.9 Å². The normalized spacial score (nSPS) is 27.1. The smallest absolute Gasteiger partial charge is 0.337 e. The van der Waals surface area contributed by atoms with Gasteiger partial charge in [-0.05, 0) is 46.3 Å². The molecule has 3 fully saturated rings. The molecular formula is C71H86O17Si. The molecule has 0 aliphatic carbocycles. The van der Waals surface area contributed by atoms with Crippen LogP contribution in [0.2, 0.25) is 25.7 Å². The van der Waals surface area contributed by atoms with Crippen molar-refractivity contribution in [1.82, 2.24) is 0 Å². The van der Waals surface area contributed by atoms with Gasteiger partial charge < -0.3 is 71.1 Å². The Morgan fingerprint density at radius 1 is 0.461 bits per heavy atom. The van der Waals surface area contributed by atoms with Crippen LogP contribution in [0, 0.1) is 0 Å². The van der Waals surface area contributed by atoms with E-state index in [0.29, 0.717) is 6.61 Å². The van der Waals surface area contributed by atoms with Gasteiger partial charge >= 0.3 is 11.9 Å². The van der Waals surface area contributed by atoms with Gasteiger partial charge in [0.05, 0.1) is 66.1 Å². The Bertz CT molecular complexity index is 3000.